The summed E-state index contributed by atoms with van der Waals surface area (Å²) in [6.45, 7) is 3.10. The summed E-state index contributed by atoms with van der Waals surface area (Å²) in [5.74, 6) is 2.05. The Morgan fingerprint density at radius 3 is 2.95 bits per heavy atom. The lowest BCUT2D eigenvalue weighted by Gasteiger charge is -2.50. The summed E-state index contributed by atoms with van der Waals surface area (Å²) in [5.41, 5.74) is 5.78. The topological polar surface area (TPSA) is 87.7 Å². The van der Waals surface area contributed by atoms with Crippen molar-refractivity contribution >= 4 is 11.5 Å². The number of allylic oxidation sites excluding steroid dienone is 2. The first-order chi connectivity index (χ1) is 18.0. The van der Waals surface area contributed by atoms with E-state index in [1.807, 2.05) is 17.2 Å². The highest BCUT2D eigenvalue weighted by molar-refractivity contribution is 5.95. The molecule has 1 saturated heterocycles. The molecule has 0 spiro atoms. The molecule has 8 heteroatoms. The first-order valence-corrected chi connectivity index (χ1v) is 13.5. The van der Waals surface area contributed by atoms with Crippen molar-refractivity contribution in [3.8, 4) is 0 Å². The van der Waals surface area contributed by atoms with Gasteiger partial charge < -0.3 is 4.90 Å². The summed E-state index contributed by atoms with van der Waals surface area (Å²) in [7, 11) is 0. The highest BCUT2D eigenvalue weighted by atomic mass is 19.1. The molecule has 3 aliphatic carbocycles. The number of hydrogen-bond donors (Lipinski definition) is 1. The minimum Gasteiger partial charge on any atom is -0.328 e. The van der Waals surface area contributed by atoms with Gasteiger partial charge in [-0.15, -0.1) is 10.2 Å². The van der Waals surface area contributed by atoms with Gasteiger partial charge in [0.05, 0.1) is 12.2 Å². The van der Waals surface area contributed by atoms with Crippen LogP contribution in [0.25, 0.3) is 5.57 Å². The summed E-state index contributed by atoms with van der Waals surface area (Å²) in [6.07, 6.45) is 12.6. The number of halogens is 1. The smallest absolute Gasteiger partial charge is 0.254 e. The molecule has 4 unspecified atom stereocenters. The van der Waals surface area contributed by atoms with Crippen molar-refractivity contribution in [3.63, 3.8) is 0 Å². The quantitative estimate of drug-likeness (QED) is 0.532. The summed E-state index contributed by atoms with van der Waals surface area (Å²) in [6, 6.07) is 7.92. The number of nitrogens with one attached hydrogen (secondary N) is 1. The van der Waals surface area contributed by atoms with Gasteiger partial charge in [-0.3, -0.25) is 9.78 Å². The predicted molar refractivity (Wildman–Crippen MR) is 136 cm³/mol. The lowest BCUT2D eigenvalue weighted by atomic mass is 9.54. The van der Waals surface area contributed by atoms with Gasteiger partial charge >= 0.3 is 0 Å². The molecule has 2 aromatic heterocycles. The maximum absolute atomic E-state index is 14.0. The molecule has 1 amide bonds. The number of likely N-dealkylation sites (tertiary alicyclic amines) is 1. The monoisotopic (exact) mass is 498 g/mol. The fourth-order valence-electron chi connectivity index (χ4n) is 8.04. The molecule has 0 bridgehead atoms. The maximum Gasteiger partial charge on any atom is 0.254 e. The minimum atomic E-state index is -0.270. The number of fused-ring (bicyclic) bond motifs is 5. The van der Waals surface area contributed by atoms with Gasteiger partial charge in [0.2, 0.25) is 0 Å². The van der Waals surface area contributed by atoms with Gasteiger partial charge in [-0.05, 0) is 109 Å². The number of carbonyl (C=O) groups excluding carboxylic acids is 1. The van der Waals surface area contributed by atoms with Crippen LogP contribution in [0.15, 0.2) is 42.7 Å². The maximum atomic E-state index is 14.0. The van der Waals surface area contributed by atoms with Crippen LogP contribution in [0.5, 0.6) is 0 Å². The molecule has 1 aliphatic heterocycles. The molecule has 3 aromatic rings. The third kappa shape index (κ3) is 3.55. The van der Waals surface area contributed by atoms with Crippen LogP contribution >= 0.6 is 0 Å². The van der Waals surface area contributed by atoms with Crippen molar-refractivity contribution < 1.29 is 9.18 Å². The molecule has 5 atom stereocenters. The van der Waals surface area contributed by atoms with E-state index in [0.29, 0.717) is 23.6 Å². The van der Waals surface area contributed by atoms with Gasteiger partial charge in [0.25, 0.3) is 5.91 Å². The normalized spacial score (nSPS) is 30.4. The van der Waals surface area contributed by atoms with Gasteiger partial charge in [0, 0.05) is 18.3 Å². The van der Waals surface area contributed by atoms with Crippen LogP contribution in [-0.4, -0.2) is 43.0 Å². The van der Waals surface area contributed by atoms with E-state index in [9.17, 15) is 9.18 Å². The highest BCUT2D eigenvalue weighted by Crippen LogP contribution is 2.63. The Bertz CT molecular complexity index is 1390. The highest BCUT2D eigenvalue weighted by Gasteiger charge is 2.52. The Morgan fingerprint density at radius 1 is 1.19 bits per heavy atom. The number of rotatable bonds is 3. The fraction of sp³-hybridized carbons (Fsp3) is 0.483. The van der Waals surface area contributed by atoms with E-state index >= 15 is 0 Å². The number of aryl methyl sites for hydroxylation is 1. The van der Waals surface area contributed by atoms with Gasteiger partial charge in [-0.2, -0.15) is 5.21 Å². The predicted octanol–water partition coefficient (Wildman–Crippen LogP) is 5.26. The van der Waals surface area contributed by atoms with E-state index in [0.717, 1.165) is 62.6 Å². The van der Waals surface area contributed by atoms with Crippen LogP contribution in [0.3, 0.4) is 0 Å². The second kappa shape index (κ2) is 8.57. The molecule has 1 saturated carbocycles. The van der Waals surface area contributed by atoms with E-state index in [-0.39, 0.29) is 23.2 Å². The summed E-state index contributed by atoms with van der Waals surface area (Å²) < 4.78 is 14.0. The van der Waals surface area contributed by atoms with Crippen LogP contribution in [0.2, 0.25) is 0 Å². The van der Waals surface area contributed by atoms with Gasteiger partial charge in [-0.1, -0.05) is 24.3 Å². The number of hydrogen-bond acceptors (Lipinski definition) is 5. The van der Waals surface area contributed by atoms with Crippen molar-refractivity contribution in [2.75, 3.05) is 6.54 Å². The third-order valence-corrected chi connectivity index (χ3v) is 9.74. The van der Waals surface area contributed by atoms with Crippen molar-refractivity contribution in [3.05, 3.63) is 76.6 Å². The first-order valence-electron chi connectivity index (χ1n) is 13.5. The molecule has 7 rings (SSSR count). The van der Waals surface area contributed by atoms with Gasteiger partial charge in [0.1, 0.15) is 5.82 Å². The number of benzene rings is 1. The number of pyridine rings is 1. The Morgan fingerprint density at radius 2 is 2.11 bits per heavy atom. The van der Waals surface area contributed by atoms with Crippen LogP contribution < -0.4 is 0 Å². The molecule has 7 nitrogen and oxygen atoms in total. The zero-order valence-corrected chi connectivity index (χ0v) is 21.0. The first kappa shape index (κ1) is 22.8. The van der Waals surface area contributed by atoms with Crippen LogP contribution in [0, 0.1) is 23.1 Å². The van der Waals surface area contributed by atoms with Gasteiger partial charge in [-0.25, -0.2) is 4.39 Å². The van der Waals surface area contributed by atoms with Crippen LogP contribution in [-0.2, 0) is 6.42 Å². The summed E-state index contributed by atoms with van der Waals surface area (Å²) in [5, 5.41) is 14.5. The second-order valence-corrected chi connectivity index (χ2v) is 11.5. The number of carbonyl (C=O) groups is 1. The number of nitrogens with zero attached hydrogens (tertiary/aromatic N) is 5. The van der Waals surface area contributed by atoms with E-state index in [1.54, 1.807) is 6.07 Å². The number of H-pyrrole nitrogens is 1. The Kier molecular flexibility index (Phi) is 5.27. The van der Waals surface area contributed by atoms with Crippen LogP contribution in [0.1, 0.15) is 90.3 Å². The Balaban J connectivity index is 1.13. The van der Waals surface area contributed by atoms with Crippen molar-refractivity contribution in [1.82, 2.24) is 30.5 Å². The molecule has 37 heavy (non-hydrogen) atoms. The SMILES string of the molecule is CC12CCC3c4ccc(C(=O)N5CCC[C@H]5c5nn[nH]n5)cc4CCC3C1CC=C2c1cncc(F)c1. The molecular formula is C29H31FN6O. The molecule has 3 heterocycles. The van der Waals surface area contributed by atoms with E-state index in [2.05, 4.69) is 50.7 Å². The van der Waals surface area contributed by atoms with E-state index < -0.39 is 0 Å². The molecule has 4 aliphatic rings. The van der Waals surface area contributed by atoms with Gasteiger partial charge in [0.15, 0.2) is 5.82 Å². The Labute approximate surface area is 215 Å². The fourth-order valence-corrected chi connectivity index (χ4v) is 8.04. The van der Waals surface area contributed by atoms with E-state index in [1.165, 1.54) is 22.9 Å². The minimum absolute atomic E-state index is 0.0572. The second-order valence-electron chi connectivity index (χ2n) is 11.5. The average molecular weight is 499 g/mol. The van der Waals surface area contributed by atoms with Crippen LogP contribution in [0.4, 0.5) is 4.39 Å². The third-order valence-electron chi connectivity index (χ3n) is 9.74. The molecule has 1 aromatic carbocycles. The molecular weight excluding hydrogens is 467 g/mol. The standard InChI is InChI=1S/C29H31FN6O/c1-29-11-10-22-21-6-5-18(28(37)36-12-2-3-26(36)27-32-34-35-33-27)13-17(21)4-7-23(22)25(29)9-8-24(29)19-14-20(30)16-31-15-19/h5-6,8,13-16,22-23,25-26H,2-4,7,9-12H2,1H3,(H,32,33,34,35)/t22?,23?,25?,26-,29?/m0/s1. The number of aromatic amines is 1. The average Bonchev–Trinajstić information content (AvgIpc) is 3.67. The lowest BCUT2D eigenvalue weighted by Crippen LogP contribution is -2.41. The Hall–Kier alpha value is -3.42. The summed E-state index contributed by atoms with van der Waals surface area (Å²) in [4.78, 5) is 19.5. The zero-order chi connectivity index (χ0) is 25.1. The van der Waals surface area contributed by atoms with Crippen molar-refractivity contribution in [1.29, 1.82) is 0 Å². The lowest BCUT2D eigenvalue weighted by molar-refractivity contribution is 0.0729. The molecule has 0 radical (unpaired) electrons. The number of tetrazole rings is 1. The van der Waals surface area contributed by atoms with Crippen molar-refractivity contribution in [2.45, 2.75) is 63.8 Å². The number of amides is 1. The molecule has 190 valence electrons. The van der Waals surface area contributed by atoms with E-state index in [4.69, 9.17) is 0 Å². The summed E-state index contributed by atoms with van der Waals surface area (Å²) >= 11 is 0. The largest absolute Gasteiger partial charge is 0.328 e. The molecule has 2 fully saturated rings. The van der Waals surface area contributed by atoms with Crippen molar-refractivity contribution in [2.24, 2.45) is 17.3 Å². The number of aromatic nitrogens is 5. The zero-order valence-electron chi connectivity index (χ0n) is 21.0. The molecule has 1 N–H and O–H groups in total.